The van der Waals surface area contributed by atoms with Gasteiger partial charge in [0.2, 0.25) is 5.91 Å². The normalized spacial score (nSPS) is 13.2. The fraction of sp³-hybridized carbons (Fsp3) is 0.636. The lowest BCUT2D eigenvalue weighted by Gasteiger charge is -2.26. The Balaban J connectivity index is 4.78. The number of rotatable bonds is 4. The van der Waals surface area contributed by atoms with Crippen molar-refractivity contribution in [2.24, 2.45) is 4.99 Å². The second-order valence-corrected chi connectivity index (χ2v) is 3.15. The Morgan fingerprint density at radius 3 is 2.43 bits per heavy atom. The quantitative estimate of drug-likeness (QED) is 0.491. The Bertz CT molecular complexity index is 263. The summed E-state index contributed by atoms with van der Waals surface area (Å²) in [6.45, 7) is 6.07. The molecule has 0 fully saturated rings. The van der Waals surface area contributed by atoms with Crippen LogP contribution in [0, 0.1) is 12.3 Å². The average Bonchev–Trinajstić information content (AvgIpc) is 2.16. The van der Waals surface area contributed by atoms with E-state index >= 15 is 0 Å². The highest BCUT2D eigenvalue weighted by atomic mass is 16.2. The zero-order valence-corrected chi connectivity index (χ0v) is 9.37. The third kappa shape index (κ3) is 3.21. The zero-order valence-electron chi connectivity index (χ0n) is 9.37. The highest BCUT2D eigenvalue weighted by molar-refractivity contribution is 5.93. The van der Waals surface area contributed by atoms with Crippen molar-refractivity contribution in [2.75, 3.05) is 13.6 Å². The summed E-state index contributed by atoms with van der Waals surface area (Å²) in [5, 5.41) is 0. The number of terminal acetylenes is 1. The number of nitrogens with zero attached hydrogens (tertiary/aromatic N) is 2. The zero-order chi connectivity index (χ0) is 11.1. The van der Waals surface area contributed by atoms with Gasteiger partial charge in [-0.3, -0.25) is 9.79 Å². The summed E-state index contributed by atoms with van der Waals surface area (Å²) in [5.74, 6) is 2.59. The highest BCUT2D eigenvalue weighted by Crippen LogP contribution is 2.03. The first-order valence-electron chi connectivity index (χ1n) is 4.75. The summed E-state index contributed by atoms with van der Waals surface area (Å²) in [6, 6.07) is -0.294. The van der Waals surface area contributed by atoms with Crippen LogP contribution in [0.15, 0.2) is 4.99 Å². The molecule has 0 aliphatic carbocycles. The minimum absolute atomic E-state index is 0.00204. The molecule has 0 saturated heterocycles. The van der Waals surface area contributed by atoms with Gasteiger partial charge in [-0.2, -0.15) is 0 Å². The van der Waals surface area contributed by atoms with Crippen LogP contribution in [0.2, 0.25) is 0 Å². The number of hydrogen-bond acceptors (Lipinski definition) is 2. The molecule has 3 heteroatoms. The summed E-state index contributed by atoms with van der Waals surface area (Å²) in [6.07, 6.45) is 6.29. The Labute approximate surface area is 86.2 Å². The molecule has 0 rings (SSSR count). The number of hydrogen-bond donors (Lipinski definition) is 0. The van der Waals surface area contributed by atoms with Crippen molar-refractivity contribution >= 4 is 11.6 Å². The van der Waals surface area contributed by atoms with Crippen LogP contribution in [0.3, 0.4) is 0 Å². The van der Waals surface area contributed by atoms with E-state index in [1.807, 2.05) is 13.8 Å². The number of amides is 1. The molecule has 0 radical (unpaired) electrons. The van der Waals surface area contributed by atoms with Crippen molar-refractivity contribution in [1.29, 1.82) is 0 Å². The van der Waals surface area contributed by atoms with Gasteiger partial charge in [-0.1, -0.05) is 12.8 Å². The molecule has 0 aromatic rings. The number of carbonyl (C=O) groups is 1. The predicted molar refractivity (Wildman–Crippen MR) is 59.3 cm³/mol. The summed E-state index contributed by atoms with van der Waals surface area (Å²) in [7, 11) is 1.68. The number of aliphatic imine (C=N–C) groups is 1. The van der Waals surface area contributed by atoms with Gasteiger partial charge in [0.15, 0.2) is 0 Å². The van der Waals surface area contributed by atoms with Crippen LogP contribution in [0.5, 0.6) is 0 Å². The maximum Gasteiger partial charge on any atom is 0.220 e. The molecule has 0 aliphatic heterocycles. The first-order valence-corrected chi connectivity index (χ1v) is 4.75. The van der Waals surface area contributed by atoms with Gasteiger partial charge in [-0.15, -0.1) is 6.42 Å². The SMILES string of the molecule is C#CC(C(C)=NC)N(CCC)C(C)=O. The highest BCUT2D eigenvalue weighted by Gasteiger charge is 2.19. The van der Waals surface area contributed by atoms with E-state index in [0.717, 1.165) is 12.1 Å². The Morgan fingerprint density at radius 2 is 2.14 bits per heavy atom. The van der Waals surface area contributed by atoms with E-state index in [1.54, 1.807) is 11.9 Å². The standard InChI is InChI=1S/C11H18N2O/c1-6-8-13(10(4)14)11(7-2)9(3)12-5/h2,11H,6,8H2,1,3-5H3. The lowest BCUT2D eigenvalue weighted by Crippen LogP contribution is -2.42. The van der Waals surface area contributed by atoms with Crippen molar-refractivity contribution in [3.05, 3.63) is 0 Å². The molecule has 1 amide bonds. The van der Waals surface area contributed by atoms with Crippen molar-refractivity contribution in [3.8, 4) is 12.3 Å². The Morgan fingerprint density at radius 1 is 1.57 bits per heavy atom. The monoisotopic (exact) mass is 194 g/mol. The molecule has 78 valence electrons. The maximum atomic E-state index is 11.3. The Hall–Kier alpha value is -1.30. The van der Waals surface area contributed by atoms with Gasteiger partial charge in [0.25, 0.3) is 0 Å². The topological polar surface area (TPSA) is 32.7 Å². The third-order valence-corrected chi connectivity index (χ3v) is 2.09. The van der Waals surface area contributed by atoms with E-state index in [2.05, 4.69) is 10.9 Å². The van der Waals surface area contributed by atoms with Gasteiger partial charge in [-0.05, 0) is 13.3 Å². The summed E-state index contributed by atoms with van der Waals surface area (Å²) >= 11 is 0. The molecule has 0 saturated carbocycles. The van der Waals surface area contributed by atoms with Crippen molar-refractivity contribution in [1.82, 2.24) is 4.90 Å². The van der Waals surface area contributed by atoms with Crippen LogP contribution in [-0.4, -0.2) is 36.2 Å². The largest absolute Gasteiger partial charge is 0.324 e. The van der Waals surface area contributed by atoms with Crippen LogP contribution in [-0.2, 0) is 4.79 Å². The molecular weight excluding hydrogens is 176 g/mol. The average molecular weight is 194 g/mol. The van der Waals surface area contributed by atoms with Gasteiger partial charge in [0.1, 0.15) is 6.04 Å². The number of carbonyl (C=O) groups excluding carboxylic acids is 1. The van der Waals surface area contributed by atoms with Crippen LogP contribution in [0.4, 0.5) is 0 Å². The summed E-state index contributed by atoms with van der Waals surface area (Å²) < 4.78 is 0. The van der Waals surface area contributed by atoms with Gasteiger partial charge in [0, 0.05) is 26.2 Å². The Kier molecular flexibility index (Phi) is 5.62. The second-order valence-electron chi connectivity index (χ2n) is 3.15. The van der Waals surface area contributed by atoms with Gasteiger partial charge < -0.3 is 4.90 Å². The molecule has 0 spiro atoms. The van der Waals surface area contributed by atoms with E-state index in [0.29, 0.717) is 6.54 Å². The first kappa shape index (κ1) is 12.7. The van der Waals surface area contributed by atoms with Crippen molar-refractivity contribution in [3.63, 3.8) is 0 Å². The molecule has 0 aromatic heterocycles. The van der Waals surface area contributed by atoms with Gasteiger partial charge in [0.05, 0.1) is 0 Å². The predicted octanol–water partition coefficient (Wildman–Crippen LogP) is 1.34. The van der Waals surface area contributed by atoms with Crippen LogP contribution in [0.1, 0.15) is 27.2 Å². The van der Waals surface area contributed by atoms with Crippen molar-refractivity contribution < 1.29 is 4.79 Å². The molecule has 0 aliphatic rings. The van der Waals surface area contributed by atoms with E-state index in [-0.39, 0.29) is 11.9 Å². The second kappa shape index (κ2) is 6.20. The first-order chi connectivity index (χ1) is 6.58. The molecule has 0 heterocycles. The molecule has 1 atom stereocenters. The fourth-order valence-corrected chi connectivity index (χ4v) is 1.27. The lowest BCUT2D eigenvalue weighted by atomic mass is 10.1. The minimum Gasteiger partial charge on any atom is -0.324 e. The van der Waals surface area contributed by atoms with E-state index < -0.39 is 0 Å². The molecule has 0 bridgehead atoms. The van der Waals surface area contributed by atoms with Gasteiger partial charge >= 0.3 is 0 Å². The summed E-state index contributed by atoms with van der Waals surface area (Å²) in [4.78, 5) is 17.0. The van der Waals surface area contributed by atoms with Crippen LogP contribution < -0.4 is 0 Å². The van der Waals surface area contributed by atoms with E-state index in [9.17, 15) is 4.79 Å². The smallest absolute Gasteiger partial charge is 0.220 e. The van der Waals surface area contributed by atoms with Crippen molar-refractivity contribution in [2.45, 2.75) is 33.2 Å². The minimum atomic E-state index is -0.294. The van der Waals surface area contributed by atoms with E-state index in [4.69, 9.17) is 6.42 Å². The van der Waals surface area contributed by atoms with E-state index in [1.165, 1.54) is 6.92 Å². The maximum absolute atomic E-state index is 11.3. The fourth-order valence-electron chi connectivity index (χ4n) is 1.27. The van der Waals surface area contributed by atoms with Gasteiger partial charge in [-0.25, -0.2) is 0 Å². The third-order valence-electron chi connectivity index (χ3n) is 2.09. The summed E-state index contributed by atoms with van der Waals surface area (Å²) in [5.41, 5.74) is 0.802. The lowest BCUT2D eigenvalue weighted by molar-refractivity contribution is -0.129. The molecule has 0 N–H and O–H groups in total. The van der Waals surface area contributed by atoms with Crippen LogP contribution in [0.25, 0.3) is 0 Å². The molecule has 3 nitrogen and oxygen atoms in total. The molecular formula is C11H18N2O. The molecule has 1 unspecified atom stereocenters. The van der Waals surface area contributed by atoms with Crippen LogP contribution >= 0.6 is 0 Å². The molecule has 14 heavy (non-hydrogen) atoms. The molecule has 0 aromatic carbocycles.